The van der Waals surface area contributed by atoms with Crippen molar-refractivity contribution < 1.29 is 22.8 Å². The summed E-state index contributed by atoms with van der Waals surface area (Å²) in [5.41, 5.74) is 2.48. The molecule has 0 bridgehead atoms. The molecule has 7 heteroatoms. The van der Waals surface area contributed by atoms with E-state index in [0.29, 0.717) is 0 Å². The molecular formula is C21H21F3N2O2. The predicted octanol–water partition coefficient (Wildman–Crippen LogP) is 4.62. The van der Waals surface area contributed by atoms with E-state index >= 15 is 0 Å². The van der Waals surface area contributed by atoms with E-state index < -0.39 is 23.6 Å². The molecule has 3 rings (SSSR count). The summed E-state index contributed by atoms with van der Waals surface area (Å²) >= 11 is 0. The van der Waals surface area contributed by atoms with E-state index in [1.807, 2.05) is 32.9 Å². The van der Waals surface area contributed by atoms with Gasteiger partial charge in [0, 0.05) is 18.7 Å². The van der Waals surface area contributed by atoms with E-state index in [1.54, 1.807) is 4.90 Å². The molecule has 0 saturated carbocycles. The zero-order valence-corrected chi connectivity index (χ0v) is 15.9. The van der Waals surface area contributed by atoms with Gasteiger partial charge in [-0.25, -0.2) is 0 Å². The first-order chi connectivity index (χ1) is 13.1. The van der Waals surface area contributed by atoms with Crippen molar-refractivity contribution in [3.05, 3.63) is 58.7 Å². The molecule has 0 aromatic heterocycles. The van der Waals surface area contributed by atoms with E-state index in [9.17, 15) is 22.8 Å². The Balaban J connectivity index is 1.81. The average molecular weight is 390 g/mol. The maximum Gasteiger partial charge on any atom is 0.418 e. The lowest BCUT2D eigenvalue weighted by Crippen LogP contribution is -2.29. The Morgan fingerprint density at radius 2 is 1.71 bits per heavy atom. The van der Waals surface area contributed by atoms with E-state index in [1.165, 1.54) is 18.2 Å². The van der Waals surface area contributed by atoms with E-state index in [-0.39, 0.29) is 24.6 Å². The topological polar surface area (TPSA) is 49.4 Å². The second-order valence-corrected chi connectivity index (χ2v) is 7.19. The molecule has 1 heterocycles. The molecule has 4 nitrogen and oxygen atoms in total. The van der Waals surface area contributed by atoms with Crippen LogP contribution in [0.3, 0.4) is 0 Å². The van der Waals surface area contributed by atoms with Crippen LogP contribution in [0.15, 0.2) is 36.4 Å². The average Bonchev–Trinajstić information content (AvgIpc) is 2.95. The Labute approximate surface area is 161 Å². The predicted molar refractivity (Wildman–Crippen MR) is 101 cm³/mol. The lowest BCUT2D eigenvalue weighted by atomic mass is 10.0. The summed E-state index contributed by atoms with van der Waals surface area (Å²) in [7, 11) is 0. The molecule has 0 spiro atoms. The molecule has 1 N–H and O–H groups in total. The van der Waals surface area contributed by atoms with Crippen molar-refractivity contribution >= 4 is 23.2 Å². The number of carbonyl (C=O) groups excluding carboxylic acids is 2. The van der Waals surface area contributed by atoms with Gasteiger partial charge >= 0.3 is 6.18 Å². The quantitative estimate of drug-likeness (QED) is 0.831. The first-order valence-electron chi connectivity index (χ1n) is 8.93. The zero-order chi connectivity index (χ0) is 20.6. The molecule has 2 aromatic rings. The minimum atomic E-state index is -4.57. The maximum absolute atomic E-state index is 13.1. The van der Waals surface area contributed by atoms with Gasteiger partial charge in [0.05, 0.1) is 17.2 Å². The van der Waals surface area contributed by atoms with E-state index in [2.05, 4.69) is 5.32 Å². The number of nitrogens with zero attached hydrogens (tertiary/aromatic N) is 1. The van der Waals surface area contributed by atoms with Gasteiger partial charge in [-0.2, -0.15) is 13.2 Å². The van der Waals surface area contributed by atoms with Crippen LogP contribution in [0.4, 0.5) is 24.5 Å². The molecule has 28 heavy (non-hydrogen) atoms. The largest absolute Gasteiger partial charge is 0.418 e. The van der Waals surface area contributed by atoms with Crippen LogP contribution in [-0.2, 0) is 15.8 Å². The normalized spacial score (nSPS) is 17.1. The standard InChI is InChI=1S/C21H21F3N2O2/c1-12-8-13(2)19(14(3)9-12)26-11-15(10-18(26)27)20(28)25-17-7-5-4-6-16(17)21(22,23)24/h4-9,15H,10-11H2,1-3H3,(H,25,28). The Bertz CT molecular complexity index is 914. The number of hydrogen-bond acceptors (Lipinski definition) is 2. The van der Waals surface area contributed by atoms with Gasteiger partial charge in [0.15, 0.2) is 0 Å². The number of anilines is 2. The van der Waals surface area contributed by atoms with Crippen molar-refractivity contribution in [2.75, 3.05) is 16.8 Å². The third kappa shape index (κ3) is 3.88. The van der Waals surface area contributed by atoms with Gasteiger partial charge in [-0.3, -0.25) is 9.59 Å². The van der Waals surface area contributed by atoms with Crippen molar-refractivity contribution in [2.24, 2.45) is 5.92 Å². The third-order valence-corrected chi connectivity index (χ3v) is 4.89. The van der Waals surface area contributed by atoms with Crippen molar-refractivity contribution in [2.45, 2.75) is 33.4 Å². The van der Waals surface area contributed by atoms with Crippen molar-refractivity contribution in [3.63, 3.8) is 0 Å². The summed E-state index contributed by atoms with van der Waals surface area (Å²) < 4.78 is 39.4. The van der Waals surface area contributed by atoms with Gasteiger partial charge in [-0.15, -0.1) is 0 Å². The highest BCUT2D eigenvalue weighted by Crippen LogP contribution is 2.36. The fraction of sp³-hybridized carbons (Fsp3) is 0.333. The fourth-order valence-electron chi connectivity index (χ4n) is 3.77. The molecule has 0 radical (unpaired) electrons. The second kappa shape index (κ2) is 7.30. The molecule has 1 unspecified atom stereocenters. The number of halogens is 3. The summed E-state index contributed by atoms with van der Waals surface area (Å²) in [4.78, 5) is 26.7. The van der Waals surface area contributed by atoms with Crippen molar-refractivity contribution in [3.8, 4) is 0 Å². The third-order valence-electron chi connectivity index (χ3n) is 4.89. The van der Waals surface area contributed by atoms with Gasteiger partial charge in [-0.1, -0.05) is 29.8 Å². The van der Waals surface area contributed by atoms with Gasteiger partial charge in [0.2, 0.25) is 11.8 Å². The lowest BCUT2D eigenvalue weighted by Gasteiger charge is -2.22. The first kappa shape index (κ1) is 19.9. The van der Waals surface area contributed by atoms with Gasteiger partial charge < -0.3 is 10.2 Å². The number of aryl methyl sites for hydroxylation is 3. The first-order valence-corrected chi connectivity index (χ1v) is 8.93. The summed E-state index contributed by atoms with van der Waals surface area (Å²) in [5, 5.41) is 2.35. The Kier molecular flexibility index (Phi) is 5.19. The van der Waals surface area contributed by atoms with Crippen LogP contribution in [0.2, 0.25) is 0 Å². The zero-order valence-electron chi connectivity index (χ0n) is 15.9. The van der Waals surface area contributed by atoms with Crippen LogP contribution in [0.5, 0.6) is 0 Å². The highest BCUT2D eigenvalue weighted by molar-refractivity contribution is 6.04. The second-order valence-electron chi connectivity index (χ2n) is 7.19. The molecule has 1 atom stereocenters. The number of alkyl halides is 3. The van der Waals surface area contributed by atoms with Crippen LogP contribution >= 0.6 is 0 Å². The van der Waals surface area contributed by atoms with Crippen molar-refractivity contribution in [1.29, 1.82) is 0 Å². The molecule has 1 fully saturated rings. The van der Waals surface area contributed by atoms with Crippen LogP contribution in [0, 0.1) is 26.7 Å². The number of benzene rings is 2. The highest BCUT2D eigenvalue weighted by Gasteiger charge is 2.38. The van der Waals surface area contributed by atoms with Crippen LogP contribution in [-0.4, -0.2) is 18.4 Å². The minimum absolute atomic E-state index is 0.0349. The van der Waals surface area contributed by atoms with Crippen molar-refractivity contribution in [1.82, 2.24) is 0 Å². The minimum Gasteiger partial charge on any atom is -0.325 e. The number of amides is 2. The SMILES string of the molecule is Cc1cc(C)c(N2CC(C(=O)Nc3ccccc3C(F)(F)F)CC2=O)c(C)c1. The molecule has 148 valence electrons. The summed E-state index contributed by atoms with van der Waals surface area (Å²) in [6.45, 7) is 5.90. The van der Waals surface area contributed by atoms with Gasteiger partial charge in [0.1, 0.15) is 0 Å². The Morgan fingerprint density at radius 1 is 1.11 bits per heavy atom. The van der Waals surface area contributed by atoms with E-state index in [0.717, 1.165) is 28.4 Å². The van der Waals surface area contributed by atoms with E-state index in [4.69, 9.17) is 0 Å². The number of rotatable bonds is 3. The molecular weight excluding hydrogens is 369 g/mol. The Hall–Kier alpha value is -2.83. The maximum atomic E-state index is 13.1. The highest BCUT2D eigenvalue weighted by atomic mass is 19.4. The summed E-state index contributed by atoms with van der Waals surface area (Å²) in [5.74, 6) is -1.51. The number of para-hydroxylation sites is 1. The van der Waals surface area contributed by atoms with Gasteiger partial charge in [-0.05, 0) is 44.0 Å². The van der Waals surface area contributed by atoms with Crippen LogP contribution < -0.4 is 10.2 Å². The molecule has 2 amide bonds. The van der Waals surface area contributed by atoms with Crippen LogP contribution in [0.1, 0.15) is 28.7 Å². The lowest BCUT2D eigenvalue weighted by molar-refractivity contribution is -0.137. The monoisotopic (exact) mass is 390 g/mol. The fourth-order valence-corrected chi connectivity index (χ4v) is 3.77. The van der Waals surface area contributed by atoms with Gasteiger partial charge in [0.25, 0.3) is 0 Å². The molecule has 0 aliphatic carbocycles. The molecule has 1 aliphatic heterocycles. The smallest absolute Gasteiger partial charge is 0.325 e. The Morgan fingerprint density at radius 3 is 2.32 bits per heavy atom. The molecule has 1 aliphatic rings. The van der Waals surface area contributed by atoms with Crippen LogP contribution in [0.25, 0.3) is 0 Å². The summed E-state index contributed by atoms with van der Waals surface area (Å²) in [6.07, 6.45) is -4.61. The molecule has 1 saturated heterocycles. The number of nitrogens with one attached hydrogen (secondary N) is 1. The number of hydrogen-bond donors (Lipinski definition) is 1. The summed E-state index contributed by atoms with van der Waals surface area (Å²) in [6, 6.07) is 8.74. The molecule has 2 aromatic carbocycles. The number of carbonyl (C=O) groups is 2.